The van der Waals surface area contributed by atoms with Crippen LogP contribution in [0.3, 0.4) is 0 Å². The maximum atomic E-state index is 4.99. The molecule has 5 aromatic heterocycles. The second-order valence-electron chi connectivity index (χ2n) is 19.5. The first-order valence-corrected chi connectivity index (χ1v) is 25.5. The zero-order valence-corrected chi connectivity index (χ0v) is 40.4. The van der Waals surface area contributed by atoms with Crippen LogP contribution in [0.25, 0.3) is 149 Å². The molecule has 0 bridgehead atoms. The third-order valence-corrected chi connectivity index (χ3v) is 15.4. The van der Waals surface area contributed by atoms with E-state index in [1.807, 2.05) is 30.3 Å². The number of hydrogen-bond acceptors (Lipinski definition) is 2. The standard InChI is InChI=1S/C68H43N7/c1-3-17-42(18-4-1)67-70-68(72-71-67)56-29-8-7-25-49(56)45-33-37-61-57(41-45)63-62(38-36-53-50-26-9-12-30-58(50)69-64(53)63)73(61)47-23-15-19-43(39-47)44-20-16-24-48(40-44)75-60-32-14-11-28-52(60)55-35-34-54-51-27-10-13-31-59(51)74(65(54)66(55)75)46-21-5-2-6-22-46/h1-41,69H,(H,70,71,72). The van der Waals surface area contributed by atoms with Crippen LogP contribution in [0.2, 0.25) is 0 Å². The predicted octanol–water partition coefficient (Wildman–Crippen LogP) is 17.4. The van der Waals surface area contributed by atoms with E-state index in [1.165, 1.54) is 59.8 Å². The van der Waals surface area contributed by atoms with Crippen LogP contribution in [-0.4, -0.2) is 33.9 Å². The third-order valence-electron chi connectivity index (χ3n) is 15.4. The van der Waals surface area contributed by atoms with Crippen molar-refractivity contribution in [3.8, 4) is 62.1 Å². The number of hydrogen-bond donors (Lipinski definition) is 2. The zero-order valence-electron chi connectivity index (χ0n) is 40.4. The Morgan fingerprint density at radius 1 is 0.320 bits per heavy atom. The molecule has 0 radical (unpaired) electrons. The first kappa shape index (κ1) is 41.4. The van der Waals surface area contributed by atoms with Crippen LogP contribution in [0.4, 0.5) is 0 Å². The fourth-order valence-electron chi connectivity index (χ4n) is 12.2. The summed E-state index contributed by atoms with van der Waals surface area (Å²) in [5.74, 6) is 1.40. The molecule has 0 aliphatic heterocycles. The monoisotopic (exact) mass is 957 g/mol. The Hall–Kier alpha value is -10.2. The topological polar surface area (TPSA) is 72.2 Å². The second-order valence-corrected chi connectivity index (χ2v) is 19.5. The van der Waals surface area contributed by atoms with Crippen molar-refractivity contribution < 1.29 is 0 Å². The number of nitrogens with one attached hydrogen (secondary N) is 2. The number of H-pyrrole nitrogens is 2. The largest absolute Gasteiger partial charge is 0.354 e. The lowest BCUT2D eigenvalue weighted by Crippen LogP contribution is -1.99. The summed E-state index contributed by atoms with van der Waals surface area (Å²) < 4.78 is 7.37. The van der Waals surface area contributed by atoms with Crippen LogP contribution >= 0.6 is 0 Å². The Labute approximate surface area is 429 Å². The molecular weight excluding hydrogens is 915 g/mol. The van der Waals surface area contributed by atoms with Gasteiger partial charge in [0.1, 0.15) is 0 Å². The van der Waals surface area contributed by atoms with Crippen molar-refractivity contribution in [2.75, 3.05) is 0 Å². The van der Waals surface area contributed by atoms with Gasteiger partial charge in [-0.2, -0.15) is 5.10 Å². The van der Waals surface area contributed by atoms with E-state index in [-0.39, 0.29) is 0 Å². The minimum atomic E-state index is 0.660. The molecule has 0 amide bonds. The Bertz CT molecular complexity index is 4950. The lowest BCUT2D eigenvalue weighted by Gasteiger charge is -2.14. The number of aromatic nitrogens is 7. The lowest BCUT2D eigenvalue weighted by molar-refractivity contribution is 1.10. The van der Waals surface area contributed by atoms with Gasteiger partial charge in [0.15, 0.2) is 11.6 Å². The predicted molar refractivity (Wildman–Crippen MR) is 311 cm³/mol. The first-order chi connectivity index (χ1) is 37.2. The smallest absolute Gasteiger partial charge is 0.182 e. The van der Waals surface area contributed by atoms with Crippen LogP contribution < -0.4 is 0 Å². The zero-order chi connectivity index (χ0) is 49.1. The number of benzene rings is 11. The van der Waals surface area contributed by atoms with Crippen LogP contribution in [0.5, 0.6) is 0 Å². The molecule has 0 atom stereocenters. The van der Waals surface area contributed by atoms with Crippen molar-refractivity contribution >= 4 is 87.2 Å². The molecule has 7 heteroatoms. The van der Waals surface area contributed by atoms with Crippen LogP contribution in [0.15, 0.2) is 249 Å². The average Bonchev–Trinajstić information content (AvgIpc) is 4.39. The van der Waals surface area contributed by atoms with Crippen LogP contribution in [0, 0.1) is 0 Å². The Kier molecular flexibility index (Phi) is 8.90. The van der Waals surface area contributed by atoms with E-state index in [2.05, 4.69) is 242 Å². The van der Waals surface area contributed by atoms with E-state index in [0.29, 0.717) is 5.82 Å². The van der Waals surface area contributed by atoms with Crippen molar-refractivity contribution in [1.29, 1.82) is 0 Å². The van der Waals surface area contributed by atoms with Crippen LogP contribution in [-0.2, 0) is 0 Å². The summed E-state index contributed by atoms with van der Waals surface area (Å²) in [7, 11) is 0. The molecule has 350 valence electrons. The summed E-state index contributed by atoms with van der Waals surface area (Å²) in [6, 6.07) is 89.8. The van der Waals surface area contributed by atoms with E-state index in [0.717, 1.165) is 83.7 Å². The SMILES string of the molecule is c1ccc(-c2nc(-c3ccccc3-c3ccc4c(c3)c3c5[nH]c6ccccc6c5ccc3n4-c3cccc(-c4cccc(-n5c6ccccc6c6ccc7c8ccccc8n(-c8ccccc8)c7c65)c4)c3)n[nH]2)cc1. The molecule has 11 aromatic carbocycles. The number of para-hydroxylation sites is 4. The van der Waals surface area contributed by atoms with Crippen molar-refractivity contribution in [2.24, 2.45) is 0 Å². The summed E-state index contributed by atoms with van der Waals surface area (Å²) in [4.78, 5) is 8.86. The fourth-order valence-corrected chi connectivity index (χ4v) is 12.2. The van der Waals surface area contributed by atoms with Gasteiger partial charge in [-0.3, -0.25) is 5.10 Å². The Balaban J connectivity index is 0.881. The molecule has 16 aromatic rings. The maximum absolute atomic E-state index is 4.99. The molecule has 0 spiro atoms. The molecule has 0 aliphatic rings. The summed E-state index contributed by atoms with van der Waals surface area (Å²) in [6.45, 7) is 0. The summed E-state index contributed by atoms with van der Waals surface area (Å²) in [6.07, 6.45) is 0. The summed E-state index contributed by atoms with van der Waals surface area (Å²) >= 11 is 0. The van der Waals surface area contributed by atoms with Gasteiger partial charge < -0.3 is 18.7 Å². The van der Waals surface area contributed by atoms with Gasteiger partial charge in [0, 0.05) is 76.8 Å². The highest BCUT2D eigenvalue weighted by molar-refractivity contribution is 6.26. The third kappa shape index (κ3) is 6.22. The molecule has 0 saturated heterocycles. The average molecular weight is 958 g/mol. The number of aromatic amines is 2. The van der Waals surface area contributed by atoms with Crippen LogP contribution in [0.1, 0.15) is 0 Å². The Morgan fingerprint density at radius 2 is 0.853 bits per heavy atom. The fraction of sp³-hybridized carbons (Fsp3) is 0. The van der Waals surface area contributed by atoms with Gasteiger partial charge in [-0.05, 0) is 95.1 Å². The van der Waals surface area contributed by atoms with Crippen molar-refractivity contribution in [3.63, 3.8) is 0 Å². The van der Waals surface area contributed by atoms with Gasteiger partial charge in [-0.25, -0.2) is 4.98 Å². The van der Waals surface area contributed by atoms with Gasteiger partial charge in [-0.15, -0.1) is 0 Å². The molecule has 16 rings (SSSR count). The van der Waals surface area contributed by atoms with E-state index in [9.17, 15) is 0 Å². The van der Waals surface area contributed by atoms with Gasteiger partial charge in [0.2, 0.25) is 0 Å². The highest BCUT2D eigenvalue weighted by Crippen LogP contribution is 2.44. The van der Waals surface area contributed by atoms with Gasteiger partial charge in [0.05, 0.1) is 38.6 Å². The molecular formula is C68H43N7. The van der Waals surface area contributed by atoms with E-state index in [4.69, 9.17) is 10.1 Å². The lowest BCUT2D eigenvalue weighted by atomic mass is 9.97. The highest BCUT2D eigenvalue weighted by Gasteiger charge is 2.23. The molecule has 5 heterocycles. The Morgan fingerprint density at radius 3 is 1.57 bits per heavy atom. The van der Waals surface area contributed by atoms with E-state index >= 15 is 0 Å². The molecule has 75 heavy (non-hydrogen) atoms. The van der Waals surface area contributed by atoms with Gasteiger partial charge in [-0.1, -0.05) is 176 Å². The molecule has 0 fully saturated rings. The van der Waals surface area contributed by atoms with Crippen molar-refractivity contribution in [2.45, 2.75) is 0 Å². The molecule has 0 saturated carbocycles. The van der Waals surface area contributed by atoms with Crippen molar-refractivity contribution in [1.82, 2.24) is 33.9 Å². The normalized spacial score (nSPS) is 12.0. The highest BCUT2D eigenvalue weighted by atomic mass is 15.2. The maximum Gasteiger partial charge on any atom is 0.182 e. The number of fused-ring (bicyclic) bond motifs is 14. The molecule has 2 N–H and O–H groups in total. The molecule has 7 nitrogen and oxygen atoms in total. The second kappa shape index (κ2) is 16.1. The van der Waals surface area contributed by atoms with Gasteiger partial charge >= 0.3 is 0 Å². The summed E-state index contributed by atoms with van der Waals surface area (Å²) in [5, 5.41) is 17.6. The molecule has 0 unspecified atom stereocenters. The number of nitrogens with zero attached hydrogens (tertiary/aromatic N) is 5. The minimum absolute atomic E-state index is 0.660. The quantitative estimate of drug-likeness (QED) is 0.167. The number of rotatable bonds is 7. The van der Waals surface area contributed by atoms with Gasteiger partial charge in [0.25, 0.3) is 0 Å². The minimum Gasteiger partial charge on any atom is -0.354 e. The molecule has 0 aliphatic carbocycles. The van der Waals surface area contributed by atoms with E-state index in [1.54, 1.807) is 0 Å². The van der Waals surface area contributed by atoms with E-state index < -0.39 is 0 Å². The summed E-state index contributed by atoms with van der Waals surface area (Å²) in [5.41, 5.74) is 18.9. The first-order valence-electron chi connectivity index (χ1n) is 25.5. The van der Waals surface area contributed by atoms with Crippen molar-refractivity contribution in [3.05, 3.63) is 249 Å².